The molecule has 2 rings (SSSR count). The molecule has 2 aromatic rings. The van der Waals surface area contributed by atoms with Crippen molar-refractivity contribution in [1.82, 2.24) is 10.2 Å². The molecule has 0 fully saturated rings. The molecule has 0 aromatic heterocycles. The van der Waals surface area contributed by atoms with E-state index in [9.17, 15) is 18.0 Å². The van der Waals surface area contributed by atoms with Crippen molar-refractivity contribution < 1.29 is 18.0 Å². The van der Waals surface area contributed by atoms with Gasteiger partial charge in [0.15, 0.2) is 0 Å². The van der Waals surface area contributed by atoms with E-state index in [2.05, 4.69) is 5.32 Å². The smallest absolute Gasteiger partial charge is 0.244 e. The summed E-state index contributed by atoms with van der Waals surface area (Å²) in [6.45, 7) is 2.79. The molecular formula is C21H22Cl5N3O4S. The molecule has 1 atom stereocenters. The van der Waals surface area contributed by atoms with Gasteiger partial charge < -0.3 is 10.2 Å². The second-order valence-electron chi connectivity index (χ2n) is 7.28. The summed E-state index contributed by atoms with van der Waals surface area (Å²) < 4.78 is 26.0. The molecule has 0 aliphatic heterocycles. The zero-order valence-electron chi connectivity index (χ0n) is 18.4. The number of halogens is 5. The van der Waals surface area contributed by atoms with Crippen molar-refractivity contribution in [2.45, 2.75) is 26.4 Å². The van der Waals surface area contributed by atoms with Crippen molar-refractivity contribution in [2.75, 3.05) is 23.7 Å². The zero-order chi connectivity index (χ0) is 25.8. The van der Waals surface area contributed by atoms with Gasteiger partial charge in [-0.15, -0.1) is 0 Å². The third-order valence-electron chi connectivity index (χ3n) is 4.85. The summed E-state index contributed by atoms with van der Waals surface area (Å²) in [6, 6.07) is 6.41. The van der Waals surface area contributed by atoms with Gasteiger partial charge in [0.2, 0.25) is 21.8 Å². The normalized spacial score (nSPS) is 12.2. The minimum atomic E-state index is -4.00. The molecule has 0 aliphatic carbocycles. The molecule has 0 aliphatic rings. The lowest BCUT2D eigenvalue weighted by molar-refractivity contribution is -0.139. The van der Waals surface area contributed by atoms with Crippen LogP contribution in [0.4, 0.5) is 5.69 Å². The zero-order valence-corrected chi connectivity index (χ0v) is 23.0. The van der Waals surface area contributed by atoms with Gasteiger partial charge in [0, 0.05) is 28.7 Å². The fourth-order valence-corrected chi connectivity index (χ4v) is 5.12. The third kappa shape index (κ3) is 7.06. The van der Waals surface area contributed by atoms with E-state index in [0.717, 1.165) is 10.6 Å². The first-order valence-corrected chi connectivity index (χ1v) is 13.6. The topological polar surface area (TPSA) is 86.8 Å². The summed E-state index contributed by atoms with van der Waals surface area (Å²) in [5, 5.41) is 3.39. The number of hydrogen-bond acceptors (Lipinski definition) is 4. The Bertz CT molecular complexity index is 1170. The number of sulfonamides is 1. The molecule has 0 radical (unpaired) electrons. The highest BCUT2D eigenvalue weighted by molar-refractivity contribution is 7.92. The van der Waals surface area contributed by atoms with Crippen molar-refractivity contribution in [3.63, 3.8) is 0 Å². The van der Waals surface area contributed by atoms with E-state index in [1.807, 2.05) is 0 Å². The highest BCUT2D eigenvalue weighted by atomic mass is 35.5. The van der Waals surface area contributed by atoms with Gasteiger partial charge in [0.05, 0.1) is 27.0 Å². The van der Waals surface area contributed by atoms with E-state index in [0.29, 0.717) is 22.2 Å². The lowest BCUT2D eigenvalue weighted by Crippen LogP contribution is -2.51. The van der Waals surface area contributed by atoms with Gasteiger partial charge in [-0.25, -0.2) is 8.42 Å². The van der Waals surface area contributed by atoms with Crippen molar-refractivity contribution in [3.8, 4) is 0 Å². The predicted molar refractivity (Wildman–Crippen MR) is 139 cm³/mol. The van der Waals surface area contributed by atoms with Gasteiger partial charge in [-0.3, -0.25) is 13.9 Å². The highest BCUT2D eigenvalue weighted by Gasteiger charge is 2.31. The van der Waals surface area contributed by atoms with E-state index in [1.54, 1.807) is 25.1 Å². The molecule has 186 valence electrons. The van der Waals surface area contributed by atoms with Gasteiger partial charge in [-0.05, 0) is 38.1 Å². The van der Waals surface area contributed by atoms with E-state index in [4.69, 9.17) is 58.0 Å². The Morgan fingerprint density at radius 1 is 0.971 bits per heavy atom. The third-order valence-corrected chi connectivity index (χ3v) is 7.71. The number of carbonyl (C=O) groups excluding carboxylic acids is 2. The fourth-order valence-electron chi connectivity index (χ4n) is 3.06. The molecule has 0 saturated heterocycles. The lowest BCUT2D eigenvalue weighted by atomic mass is 10.1. The maximum atomic E-state index is 13.5. The van der Waals surface area contributed by atoms with Crippen LogP contribution >= 0.6 is 58.0 Å². The molecule has 0 heterocycles. The number of hydrogen-bond donors (Lipinski definition) is 1. The van der Waals surface area contributed by atoms with E-state index >= 15 is 0 Å². The minimum absolute atomic E-state index is 0.0231. The van der Waals surface area contributed by atoms with Crippen LogP contribution in [0.1, 0.15) is 19.4 Å². The molecule has 0 unspecified atom stereocenters. The van der Waals surface area contributed by atoms with Gasteiger partial charge in [-0.1, -0.05) is 64.1 Å². The number of nitrogens with zero attached hydrogens (tertiary/aromatic N) is 2. The van der Waals surface area contributed by atoms with Gasteiger partial charge in [-0.2, -0.15) is 0 Å². The van der Waals surface area contributed by atoms with Gasteiger partial charge in [0.25, 0.3) is 0 Å². The van der Waals surface area contributed by atoms with Crippen molar-refractivity contribution in [1.29, 1.82) is 0 Å². The van der Waals surface area contributed by atoms with E-state index in [-0.39, 0.29) is 27.3 Å². The largest absolute Gasteiger partial charge is 0.355 e. The predicted octanol–water partition coefficient (Wildman–Crippen LogP) is 5.27. The number of benzene rings is 2. The molecule has 34 heavy (non-hydrogen) atoms. The lowest BCUT2D eigenvalue weighted by Gasteiger charge is -2.32. The molecule has 0 spiro atoms. The maximum Gasteiger partial charge on any atom is 0.244 e. The average molecular weight is 590 g/mol. The average Bonchev–Trinajstić information content (AvgIpc) is 2.73. The Morgan fingerprint density at radius 3 is 2.06 bits per heavy atom. The first-order valence-electron chi connectivity index (χ1n) is 9.90. The molecule has 2 amide bonds. The quantitative estimate of drug-likeness (QED) is 0.404. The van der Waals surface area contributed by atoms with E-state index < -0.39 is 34.4 Å². The number of rotatable bonds is 9. The first-order chi connectivity index (χ1) is 15.8. The summed E-state index contributed by atoms with van der Waals surface area (Å²) in [5.41, 5.74) is 0.377. The second kappa shape index (κ2) is 12.0. The Labute approximate surface area is 223 Å². The Morgan fingerprint density at radius 2 is 1.53 bits per heavy atom. The van der Waals surface area contributed by atoms with Crippen LogP contribution in [-0.4, -0.2) is 50.5 Å². The number of carbonyl (C=O) groups is 2. The van der Waals surface area contributed by atoms with Gasteiger partial charge >= 0.3 is 0 Å². The maximum absolute atomic E-state index is 13.5. The van der Waals surface area contributed by atoms with Crippen LogP contribution in [0.5, 0.6) is 0 Å². The standard InChI is InChI=1S/C21H22Cl5N3O4S/c1-4-27-21(31)12(2)28(10-13-14(22)6-5-7-15(13)23)20(30)11-29(34(3,32)33)19-9-17(25)16(24)8-18(19)26/h5-9,12H,4,10-11H2,1-3H3,(H,27,31)/t12-/m0/s1. The van der Waals surface area contributed by atoms with Crippen LogP contribution in [0, 0.1) is 0 Å². The SMILES string of the molecule is CCNC(=O)[C@H](C)N(Cc1c(Cl)cccc1Cl)C(=O)CN(c1cc(Cl)c(Cl)cc1Cl)S(C)(=O)=O. The Kier molecular flexibility index (Phi) is 10.2. The number of anilines is 1. The molecule has 7 nitrogen and oxygen atoms in total. The summed E-state index contributed by atoms with van der Waals surface area (Å²) >= 11 is 30.8. The molecule has 1 N–H and O–H groups in total. The van der Waals surface area contributed by atoms with Crippen LogP contribution < -0.4 is 9.62 Å². The van der Waals surface area contributed by atoms with Gasteiger partial charge in [0.1, 0.15) is 12.6 Å². The molecule has 2 aromatic carbocycles. The van der Waals surface area contributed by atoms with Crippen molar-refractivity contribution in [2.24, 2.45) is 0 Å². The minimum Gasteiger partial charge on any atom is -0.355 e. The number of nitrogens with one attached hydrogen (secondary N) is 1. The number of amides is 2. The van der Waals surface area contributed by atoms with Crippen LogP contribution in [0.2, 0.25) is 25.1 Å². The molecular weight excluding hydrogens is 568 g/mol. The van der Waals surface area contributed by atoms with Crippen LogP contribution in [0.3, 0.4) is 0 Å². The molecule has 13 heteroatoms. The Balaban J connectivity index is 2.51. The van der Waals surface area contributed by atoms with Crippen molar-refractivity contribution in [3.05, 3.63) is 61.0 Å². The van der Waals surface area contributed by atoms with Crippen LogP contribution in [0.15, 0.2) is 30.3 Å². The monoisotopic (exact) mass is 587 g/mol. The van der Waals surface area contributed by atoms with Crippen LogP contribution in [-0.2, 0) is 26.2 Å². The molecule has 0 saturated carbocycles. The second-order valence-corrected chi connectivity index (χ2v) is 11.2. The first kappa shape index (κ1) is 28.8. The number of likely N-dealkylation sites (N-methyl/N-ethyl adjacent to an activating group) is 1. The summed E-state index contributed by atoms with van der Waals surface area (Å²) in [5.74, 6) is -1.13. The van der Waals surface area contributed by atoms with Crippen molar-refractivity contribution >= 4 is 85.5 Å². The summed E-state index contributed by atoms with van der Waals surface area (Å²) in [4.78, 5) is 27.2. The Hall–Kier alpha value is -1.42. The molecule has 0 bridgehead atoms. The highest BCUT2D eigenvalue weighted by Crippen LogP contribution is 2.36. The van der Waals surface area contributed by atoms with Crippen LogP contribution in [0.25, 0.3) is 0 Å². The fraction of sp³-hybridized carbons (Fsp3) is 0.333. The van der Waals surface area contributed by atoms with E-state index in [1.165, 1.54) is 24.0 Å². The summed E-state index contributed by atoms with van der Waals surface area (Å²) in [6.07, 6.45) is 0.918. The summed E-state index contributed by atoms with van der Waals surface area (Å²) in [7, 11) is -4.00.